The maximum absolute atomic E-state index is 10.2. The molecule has 1 aromatic heterocycles. The summed E-state index contributed by atoms with van der Waals surface area (Å²) in [6.45, 7) is 0. The van der Waals surface area contributed by atoms with Gasteiger partial charge in [-0.25, -0.2) is 4.99 Å². The van der Waals surface area contributed by atoms with Crippen LogP contribution in [0, 0.1) is 0 Å². The van der Waals surface area contributed by atoms with Crippen LogP contribution in [0.15, 0.2) is 11.2 Å². The molecule has 0 saturated carbocycles. The van der Waals surface area contributed by atoms with E-state index in [0.717, 1.165) is 6.34 Å². The first-order chi connectivity index (χ1) is 4.88. The van der Waals surface area contributed by atoms with E-state index in [9.17, 15) is 4.79 Å². The van der Waals surface area contributed by atoms with E-state index in [1.165, 1.54) is 6.20 Å². The molecule has 10 heavy (non-hydrogen) atoms. The smallest absolute Gasteiger partial charge is 0.160 e. The van der Waals surface area contributed by atoms with Crippen LogP contribution in [-0.4, -0.2) is 22.8 Å². The molecule has 0 bridgehead atoms. The number of nitrogens with zero attached hydrogens (tertiary/aromatic N) is 2. The second kappa shape index (κ2) is 2.77. The molecule has 0 aliphatic rings. The Labute approximate surface area is 57.0 Å². The topological polar surface area (TPSA) is 84.1 Å². The molecule has 5 nitrogen and oxygen atoms in total. The Kier molecular flexibility index (Phi) is 1.79. The molecule has 0 saturated heterocycles. The summed E-state index contributed by atoms with van der Waals surface area (Å²) in [5, 5.41) is 6.08. The van der Waals surface area contributed by atoms with Gasteiger partial charge >= 0.3 is 0 Å². The van der Waals surface area contributed by atoms with Crippen molar-refractivity contribution in [2.45, 2.75) is 0 Å². The van der Waals surface area contributed by atoms with Crippen LogP contribution in [0.5, 0.6) is 0 Å². The van der Waals surface area contributed by atoms with E-state index in [-0.39, 0.29) is 0 Å². The normalized spacial score (nSPS) is 10.4. The number of nitrogens with one attached hydrogen (secondary N) is 1. The Morgan fingerprint density at radius 2 is 2.60 bits per heavy atom. The molecular formula is C5H6N4O. The number of H-pyrrole nitrogens is 1. The molecule has 0 spiro atoms. The zero-order valence-electron chi connectivity index (χ0n) is 5.11. The Bertz CT molecular complexity index is 252. The lowest BCUT2D eigenvalue weighted by molar-refractivity contribution is 0.112. The van der Waals surface area contributed by atoms with Crippen molar-refractivity contribution >= 4 is 18.4 Å². The molecule has 0 unspecified atom stereocenters. The summed E-state index contributed by atoms with van der Waals surface area (Å²) in [4.78, 5) is 13.8. The van der Waals surface area contributed by atoms with E-state index in [1.54, 1.807) is 0 Å². The van der Waals surface area contributed by atoms with Gasteiger partial charge in [0.15, 0.2) is 12.1 Å². The van der Waals surface area contributed by atoms with Gasteiger partial charge in [0.2, 0.25) is 0 Å². The fourth-order valence-electron chi connectivity index (χ4n) is 0.553. The molecule has 0 aliphatic heterocycles. The largest absolute Gasteiger partial charge is 0.390 e. The third kappa shape index (κ3) is 1.02. The van der Waals surface area contributed by atoms with Crippen LogP contribution < -0.4 is 5.73 Å². The predicted molar refractivity (Wildman–Crippen MR) is 36.3 cm³/mol. The molecule has 0 radical (unpaired) electrons. The fourth-order valence-corrected chi connectivity index (χ4v) is 0.553. The molecule has 52 valence electrons. The quantitative estimate of drug-likeness (QED) is 0.338. The SMILES string of the molecule is N/C=N\c1[nH]ncc1C=O. The number of rotatable bonds is 2. The molecular weight excluding hydrogens is 132 g/mol. The molecule has 0 atom stereocenters. The van der Waals surface area contributed by atoms with Gasteiger partial charge in [0, 0.05) is 0 Å². The van der Waals surface area contributed by atoms with E-state index in [1.807, 2.05) is 0 Å². The summed E-state index contributed by atoms with van der Waals surface area (Å²) < 4.78 is 0. The van der Waals surface area contributed by atoms with E-state index in [4.69, 9.17) is 5.73 Å². The summed E-state index contributed by atoms with van der Waals surface area (Å²) in [5.74, 6) is 0.387. The van der Waals surface area contributed by atoms with Gasteiger partial charge in [0.05, 0.1) is 18.1 Å². The van der Waals surface area contributed by atoms with Gasteiger partial charge in [-0.2, -0.15) is 5.10 Å². The second-order valence-corrected chi connectivity index (χ2v) is 1.57. The minimum atomic E-state index is 0.387. The van der Waals surface area contributed by atoms with Gasteiger partial charge in [0.25, 0.3) is 0 Å². The summed E-state index contributed by atoms with van der Waals surface area (Å²) in [7, 11) is 0. The van der Waals surface area contributed by atoms with Gasteiger partial charge < -0.3 is 5.73 Å². The third-order valence-electron chi connectivity index (χ3n) is 0.978. The maximum Gasteiger partial charge on any atom is 0.160 e. The molecule has 0 aliphatic carbocycles. The number of carbonyl (C=O) groups excluding carboxylic acids is 1. The Balaban J connectivity index is 3.00. The number of hydrogen-bond acceptors (Lipinski definition) is 3. The first-order valence-electron chi connectivity index (χ1n) is 2.61. The van der Waals surface area contributed by atoms with Gasteiger partial charge in [-0.15, -0.1) is 0 Å². The number of aromatic nitrogens is 2. The van der Waals surface area contributed by atoms with Crippen molar-refractivity contribution in [3.8, 4) is 0 Å². The number of aldehydes is 1. The zero-order chi connectivity index (χ0) is 7.40. The lowest BCUT2D eigenvalue weighted by Crippen LogP contribution is -1.87. The summed E-state index contributed by atoms with van der Waals surface area (Å²) in [5.41, 5.74) is 5.39. The zero-order valence-corrected chi connectivity index (χ0v) is 5.11. The highest BCUT2D eigenvalue weighted by molar-refractivity contribution is 5.81. The minimum absolute atomic E-state index is 0.387. The van der Waals surface area contributed by atoms with E-state index < -0.39 is 0 Å². The Morgan fingerprint density at radius 3 is 3.20 bits per heavy atom. The highest BCUT2D eigenvalue weighted by Crippen LogP contribution is 2.09. The first kappa shape index (κ1) is 6.47. The van der Waals surface area contributed by atoms with Crippen molar-refractivity contribution in [2.24, 2.45) is 10.7 Å². The number of nitrogens with two attached hydrogens (primary N) is 1. The summed E-state index contributed by atoms with van der Waals surface area (Å²) in [6.07, 6.45) is 3.14. The fraction of sp³-hybridized carbons (Fsp3) is 0. The molecule has 0 aromatic carbocycles. The van der Waals surface area contributed by atoms with Crippen LogP contribution >= 0.6 is 0 Å². The highest BCUT2D eigenvalue weighted by Gasteiger charge is 1.98. The van der Waals surface area contributed by atoms with Crippen molar-refractivity contribution < 1.29 is 4.79 Å². The average molecular weight is 138 g/mol. The molecule has 1 heterocycles. The monoisotopic (exact) mass is 138 g/mol. The lowest BCUT2D eigenvalue weighted by Gasteiger charge is -1.83. The molecule has 5 heteroatoms. The third-order valence-corrected chi connectivity index (χ3v) is 0.978. The first-order valence-corrected chi connectivity index (χ1v) is 2.61. The van der Waals surface area contributed by atoms with Crippen molar-refractivity contribution in [3.05, 3.63) is 11.8 Å². The van der Waals surface area contributed by atoms with Gasteiger partial charge in [-0.3, -0.25) is 9.89 Å². The van der Waals surface area contributed by atoms with E-state index in [0.29, 0.717) is 17.7 Å². The Hall–Kier alpha value is -1.65. The second-order valence-electron chi connectivity index (χ2n) is 1.57. The van der Waals surface area contributed by atoms with Crippen LogP contribution in [0.25, 0.3) is 0 Å². The molecule has 0 fully saturated rings. The number of aliphatic imine (C=N–C) groups is 1. The summed E-state index contributed by atoms with van der Waals surface area (Å²) >= 11 is 0. The predicted octanol–water partition coefficient (Wildman–Crippen LogP) is -0.159. The van der Waals surface area contributed by atoms with Crippen LogP contribution in [0.3, 0.4) is 0 Å². The van der Waals surface area contributed by atoms with Crippen molar-refractivity contribution in [3.63, 3.8) is 0 Å². The molecule has 1 rings (SSSR count). The number of aromatic amines is 1. The summed E-state index contributed by atoms with van der Waals surface area (Å²) in [6, 6.07) is 0. The maximum atomic E-state index is 10.2. The standard InChI is InChI=1S/C5H6N4O/c6-3-7-5-4(2-10)1-8-9-5/h1-3H,(H3,6,7,8,9). The van der Waals surface area contributed by atoms with Gasteiger partial charge in [0.1, 0.15) is 0 Å². The molecule has 1 aromatic rings. The van der Waals surface area contributed by atoms with Crippen LogP contribution in [0.4, 0.5) is 5.82 Å². The van der Waals surface area contributed by atoms with E-state index >= 15 is 0 Å². The van der Waals surface area contributed by atoms with E-state index in [2.05, 4.69) is 15.2 Å². The molecule has 0 amide bonds. The van der Waals surface area contributed by atoms with Crippen LogP contribution in [0.2, 0.25) is 0 Å². The average Bonchev–Trinajstić information content (AvgIpc) is 2.36. The van der Waals surface area contributed by atoms with Crippen molar-refractivity contribution in [1.29, 1.82) is 0 Å². The number of carbonyl (C=O) groups is 1. The van der Waals surface area contributed by atoms with Gasteiger partial charge in [-0.1, -0.05) is 0 Å². The highest BCUT2D eigenvalue weighted by atomic mass is 16.1. The van der Waals surface area contributed by atoms with Gasteiger partial charge in [-0.05, 0) is 0 Å². The van der Waals surface area contributed by atoms with Crippen LogP contribution in [0.1, 0.15) is 10.4 Å². The Morgan fingerprint density at radius 1 is 1.80 bits per heavy atom. The van der Waals surface area contributed by atoms with Crippen molar-refractivity contribution in [1.82, 2.24) is 10.2 Å². The van der Waals surface area contributed by atoms with Crippen molar-refractivity contribution in [2.75, 3.05) is 0 Å². The molecule has 3 N–H and O–H groups in total. The number of hydrogen-bond donors (Lipinski definition) is 2. The van der Waals surface area contributed by atoms with Crippen LogP contribution in [-0.2, 0) is 0 Å². The lowest BCUT2D eigenvalue weighted by atomic mass is 10.4. The minimum Gasteiger partial charge on any atom is -0.390 e.